The van der Waals surface area contributed by atoms with Crippen LogP contribution in [0, 0.1) is 23.4 Å². The molecule has 0 unspecified atom stereocenters. The van der Waals surface area contributed by atoms with Crippen LogP contribution in [-0.2, 0) is 6.42 Å². The van der Waals surface area contributed by atoms with E-state index in [9.17, 15) is 23.1 Å². The Balaban J connectivity index is 1.64. The largest absolute Gasteiger partial charge is 0.393 e. The third-order valence-electron chi connectivity index (χ3n) is 6.70. The molecule has 1 aliphatic carbocycles. The van der Waals surface area contributed by atoms with Crippen LogP contribution in [0.25, 0.3) is 11.3 Å². The highest BCUT2D eigenvalue weighted by Crippen LogP contribution is 2.37. The summed E-state index contributed by atoms with van der Waals surface area (Å²) in [7, 11) is 0. The maximum absolute atomic E-state index is 14.7. The fraction of sp³-hybridized carbons (Fsp3) is 0.370. The molecule has 1 aliphatic rings. The summed E-state index contributed by atoms with van der Waals surface area (Å²) >= 11 is 0. The molecule has 2 heterocycles. The maximum Gasteiger partial charge on any atom is 0.185 e. The molecular weight excluding hydrogens is 471 g/mol. The molecule has 36 heavy (non-hydrogen) atoms. The Morgan fingerprint density at radius 3 is 2.50 bits per heavy atom. The van der Waals surface area contributed by atoms with Crippen LogP contribution in [0.1, 0.15) is 65.4 Å². The van der Waals surface area contributed by atoms with Gasteiger partial charge in [-0.05, 0) is 78.1 Å². The van der Waals surface area contributed by atoms with Crippen molar-refractivity contribution < 1.29 is 28.2 Å². The van der Waals surface area contributed by atoms with Gasteiger partial charge in [-0.2, -0.15) is 0 Å². The number of nitrogens with two attached hydrogens (primary N) is 1. The van der Waals surface area contributed by atoms with E-state index in [4.69, 9.17) is 10.8 Å². The second kappa shape index (κ2) is 10.9. The van der Waals surface area contributed by atoms with Gasteiger partial charge in [0, 0.05) is 24.9 Å². The van der Waals surface area contributed by atoms with Crippen molar-refractivity contribution in [3.63, 3.8) is 0 Å². The van der Waals surface area contributed by atoms with Crippen LogP contribution in [0.5, 0.6) is 0 Å². The first kappa shape index (κ1) is 25.9. The molecule has 4 rings (SSSR count). The van der Waals surface area contributed by atoms with Gasteiger partial charge in [0.25, 0.3) is 0 Å². The zero-order valence-corrected chi connectivity index (χ0v) is 19.8. The molecule has 0 bridgehead atoms. The Morgan fingerprint density at radius 2 is 1.83 bits per heavy atom. The number of pyridine rings is 2. The summed E-state index contributed by atoms with van der Waals surface area (Å²) in [6.45, 7) is 1.41. The average molecular weight is 500 g/mol. The molecule has 0 spiro atoms. The highest BCUT2D eigenvalue weighted by atomic mass is 19.1. The van der Waals surface area contributed by atoms with Crippen LogP contribution in [0.15, 0.2) is 42.7 Å². The minimum Gasteiger partial charge on any atom is -0.393 e. The van der Waals surface area contributed by atoms with Crippen molar-refractivity contribution in [3.8, 4) is 11.3 Å². The van der Waals surface area contributed by atoms with Crippen molar-refractivity contribution in [3.05, 3.63) is 82.6 Å². The average Bonchev–Trinajstić information content (AvgIpc) is 2.83. The summed E-state index contributed by atoms with van der Waals surface area (Å²) in [6.07, 6.45) is 4.42. The highest BCUT2D eigenvalue weighted by molar-refractivity contribution is 5.96. The van der Waals surface area contributed by atoms with Crippen molar-refractivity contribution in [2.75, 3.05) is 6.61 Å². The number of aliphatic hydroxyl groups is 2. The van der Waals surface area contributed by atoms with E-state index < -0.39 is 47.2 Å². The highest BCUT2D eigenvalue weighted by Gasteiger charge is 2.28. The van der Waals surface area contributed by atoms with Gasteiger partial charge in [0.05, 0.1) is 12.2 Å². The molecule has 0 saturated heterocycles. The predicted molar refractivity (Wildman–Crippen MR) is 128 cm³/mol. The minimum atomic E-state index is -1.50. The molecule has 0 aliphatic heterocycles. The fourth-order valence-corrected chi connectivity index (χ4v) is 5.05. The quantitative estimate of drug-likeness (QED) is 0.420. The van der Waals surface area contributed by atoms with Gasteiger partial charge in [0.15, 0.2) is 5.78 Å². The van der Waals surface area contributed by atoms with Gasteiger partial charge in [-0.25, -0.2) is 18.2 Å². The molecule has 1 saturated carbocycles. The number of hydrogen-bond acceptors (Lipinski definition) is 6. The Labute approximate surface area is 207 Å². The molecule has 3 aromatic rings. The Hall–Kier alpha value is -3.14. The lowest BCUT2D eigenvalue weighted by atomic mass is 9.75. The normalized spacial score (nSPS) is 20.8. The van der Waals surface area contributed by atoms with Crippen molar-refractivity contribution in [2.45, 2.75) is 50.7 Å². The van der Waals surface area contributed by atoms with Crippen LogP contribution in [0.3, 0.4) is 0 Å². The summed E-state index contributed by atoms with van der Waals surface area (Å²) in [6, 6.07) is 5.67. The molecule has 0 amide bonds. The van der Waals surface area contributed by atoms with Crippen molar-refractivity contribution >= 4 is 5.78 Å². The second-order valence-electron chi connectivity index (χ2n) is 9.53. The van der Waals surface area contributed by atoms with Crippen molar-refractivity contribution in [1.82, 2.24) is 9.97 Å². The summed E-state index contributed by atoms with van der Waals surface area (Å²) in [4.78, 5) is 21.3. The number of benzene rings is 1. The van der Waals surface area contributed by atoms with Crippen LogP contribution < -0.4 is 5.73 Å². The van der Waals surface area contributed by atoms with E-state index in [2.05, 4.69) is 16.9 Å². The monoisotopic (exact) mass is 499 g/mol. The van der Waals surface area contributed by atoms with Crippen LogP contribution in [0.4, 0.5) is 13.2 Å². The van der Waals surface area contributed by atoms with Crippen LogP contribution in [-0.4, -0.2) is 38.6 Å². The van der Waals surface area contributed by atoms with Crippen molar-refractivity contribution in [1.29, 1.82) is 0 Å². The van der Waals surface area contributed by atoms with Crippen molar-refractivity contribution in [2.24, 2.45) is 11.7 Å². The number of ketones is 1. The summed E-state index contributed by atoms with van der Waals surface area (Å²) in [5, 5.41) is 18.7. The molecular formula is C27H28F3N3O3. The first-order valence-electron chi connectivity index (χ1n) is 11.8. The Bertz CT molecular complexity index is 1240. The van der Waals surface area contributed by atoms with E-state index in [0.717, 1.165) is 43.0 Å². The third-order valence-corrected chi connectivity index (χ3v) is 6.70. The number of nitrogens with zero attached hydrogens (tertiary/aromatic N) is 2. The molecule has 190 valence electrons. The lowest BCUT2D eigenvalue weighted by Crippen LogP contribution is -2.31. The molecule has 1 aromatic carbocycles. The van der Waals surface area contributed by atoms with E-state index >= 15 is 0 Å². The smallest absolute Gasteiger partial charge is 0.185 e. The van der Waals surface area contributed by atoms with E-state index in [0.29, 0.717) is 11.5 Å². The first-order chi connectivity index (χ1) is 17.2. The Kier molecular flexibility index (Phi) is 7.82. The van der Waals surface area contributed by atoms with E-state index in [1.807, 2.05) is 6.07 Å². The van der Waals surface area contributed by atoms with Crippen LogP contribution in [0.2, 0.25) is 0 Å². The zero-order chi connectivity index (χ0) is 26.0. The van der Waals surface area contributed by atoms with Gasteiger partial charge in [-0.1, -0.05) is 6.92 Å². The number of hydrogen-bond donors (Lipinski definition) is 3. The number of carbonyl (C=O) groups excluding carboxylic acids is 1. The number of Topliss-reactive ketones (excluding diaryl/α,β-unsaturated/α-hetero) is 1. The van der Waals surface area contributed by atoms with Gasteiger partial charge >= 0.3 is 0 Å². The lowest BCUT2D eigenvalue weighted by Gasteiger charge is -2.32. The van der Waals surface area contributed by atoms with Crippen LogP contribution >= 0.6 is 0 Å². The number of aromatic nitrogens is 2. The predicted octanol–water partition coefficient (Wildman–Crippen LogP) is 4.24. The summed E-state index contributed by atoms with van der Waals surface area (Å²) in [5.74, 6) is -3.18. The molecule has 6 nitrogen and oxygen atoms in total. The van der Waals surface area contributed by atoms with E-state index in [1.165, 1.54) is 6.07 Å². The first-order valence-corrected chi connectivity index (χ1v) is 11.8. The SMILES string of the molecule is C[C@@H]1C[C@H](N)C[C@H](c2ccncc2CC(=O)c2ccc(F)c(-c3c(F)cc([C@@H](O)CO)cc3F)n2)C1. The van der Waals surface area contributed by atoms with Gasteiger partial charge in [0.1, 0.15) is 34.9 Å². The molecule has 0 radical (unpaired) electrons. The second-order valence-corrected chi connectivity index (χ2v) is 9.53. The zero-order valence-electron chi connectivity index (χ0n) is 19.8. The van der Waals surface area contributed by atoms with Gasteiger partial charge in [-0.15, -0.1) is 0 Å². The number of halogens is 3. The molecule has 1 fully saturated rings. The molecule has 4 atom stereocenters. The van der Waals surface area contributed by atoms with Gasteiger partial charge in [-0.3, -0.25) is 9.78 Å². The maximum atomic E-state index is 14.7. The molecule has 2 aromatic heterocycles. The number of carbonyl (C=O) groups is 1. The summed E-state index contributed by atoms with van der Waals surface area (Å²) < 4.78 is 44.1. The lowest BCUT2D eigenvalue weighted by molar-refractivity contribution is 0.0951. The fourth-order valence-electron chi connectivity index (χ4n) is 5.05. The number of rotatable bonds is 7. The minimum absolute atomic E-state index is 0.0615. The standard InChI is InChI=1S/C27H28F3N3O3/c1-14-6-15(8-18(31)7-14)19-4-5-32-12-17(19)11-24(35)23-3-2-20(28)27(33-23)26-21(29)9-16(10-22(26)30)25(36)13-34/h2-5,9-10,12,14-15,18,25,34,36H,6-8,11,13,31H2,1H3/t14-,15+,18-,25-/m0/s1. The van der Waals surface area contributed by atoms with Gasteiger partial charge in [0.2, 0.25) is 0 Å². The van der Waals surface area contributed by atoms with Gasteiger partial charge < -0.3 is 15.9 Å². The Morgan fingerprint density at radius 1 is 1.11 bits per heavy atom. The molecule has 9 heteroatoms. The topological polar surface area (TPSA) is 109 Å². The van der Waals surface area contributed by atoms with E-state index in [-0.39, 0.29) is 29.6 Å². The van der Waals surface area contributed by atoms with E-state index in [1.54, 1.807) is 12.4 Å². The summed E-state index contributed by atoms with van der Waals surface area (Å²) in [5.41, 5.74) is 6.15. The third kappa shape index (κ3) is 5.48. The molecule has 4 N–H and O–H groups in total. The number of aliphatic hydroxyl groups excluding tert-OH is 2.